The van der Waals surface area contributed by atoms with Gasteiger partial charge in [0.25, 0.3) is 0 Å². The highest BCUT2D eigenvalue weighted by Crippen LogP contribution is 2.16. The Morgan fingerprint density at radius 3 is 2.09 bits per heavy atom. The van der Waals surface area contributed by atoms with Crippen LogP contribution in [-0.4, -0.2) is 87.6 Å². The predicted molar refractivity (Wildman–Crippen MR) is 99.4 cm³/mol. The fraction of sp³-hybridized carbons (Fsp3) is 0.611. The van der Waals surface area contributed by atoms with E-state index in [0.29, 0.717) is 6.04 Å². The maximum absolute atomic E-state index is 4.79. The zero-order valence-corrected chi connectivity index (χ0v) is 15.2. The van der Waals surface area contributed by atoms with Crippen molar-refractivity contribution < 1.29 is 0 Å². The molecule has 128 valence electrons. The summed E-state index contributed by atoms with van der Waals surface area (Å²) >= 11 is 0. The van der Waals surface area contributed by atoms with Crippen molar-refractivity contribution >= 4 is 11.6 Å². The number of para-hydroxylation sites is 1. The first-order valence-corrected chi connectivity index (χ1v) is 8.42. The van der Waals surface area contributed by atoms with Crippen molar-refractivity contribution in [2.45, 2.75) is 13.0 Å². The van der Waals surface area contributed by atoms with Crippen molar-refractivity contribution in [2.75, 3.05) is 65.8 Å². The Morgan fingerprint density at radius 1 is 1.00 bits per heavy atom. The third kappa shape index (κ3) is 4.86. The van der Waals surface area contributed by atoms with E-state index in [-0.39, 0.29) is 0 Å². The molecule has 0 N–H and O–H groups in total. The SMILES string of the molecule is CC(CN=C(N(C)C)N(C)C)N1CCN(c2ccccc2)CC1. The lowest BCUT2D eigenvalue weighted by Gasteiger charge is -2.39. The Kier molecular flexibility index (Phi) is 6.28. The van der Waals surface area contributed by atoms with E-state index in [9.17, 15) is 0 Å². The molecule has 1 saturated heterocycles. The van der Waals surface area contributed by atoms with Gasteiger partial charge in [-0.3, -0.25) is 9.89 Å². The molecular formula is C18H31N5. The molecule has 1 atom stereocenters. The van der Waals surface area contributed by atoms with E-state index in [4.69, 9.17) is 4.99 Å². The van der Waals surface area contributed by atoms with Gasteiger partial charge in [0.15, 0.2) is 5.96 Å². The molecule has 2 rings (SSSR count). The van der Waals surface area contributed by atoms with Crippen molar-refractivity contribution in [3.63, 3.8) is 0 Å². The molecule has 5 nitrogen and oxygen atoms in total. The van der Waals surface area contributed by atoms with Crippen LogP contribution in [0.25, 0.3) is 0 Å². The smallest absolute Gasteiger partial charge is 0.195 e. The van der Waals surface area contributed by atoms with E-state index in [1.165, 1.54) is 5.69 Å². The van der Waals surface area contributed by atoms with Crippen molar-refractivity contribution in [3.05, 3.63) is 30.3 Å². The van der Waals surface area contributed by atoms with Gasteiger partial charge in [-0.2, -0.15) is 0 Å². The molecule has 1 heterocycles. The van der Waals surface area contributed by atoms with Crippen LogP contribution in [0.5, 0.6) is 0 Å². The number of hydrogen-bond donors (Lipinski definition) is 0. The molecule has 0 radical (unpaired) electrons. The van der Waals surface area contributed by atoms with Crippen LogP contribution in [0.4, 0.5) is 5.69 Å². The minimum atomic E-state index is 0.475. The average Bonchev–Trinajstić information content (AvgIpc) is 2.55. The molecular weight excluding hydrogens is 286 g/mol. The first-order valence-electron chi connectivity index (χ1n) is 8.42. The third-order valence-electron chi connectivity index (χ3n) is 4.36. The highest BCUT2D eigenvalue weighted by molar-refractivity contribution is 5.79. The molecule has 1 unspecified atom stereocenters. The van der Waals surface area contributed by atoms with Gasteiger partial charge in [-0.05, 0) is 19.1 Å². The maximum Gasteiger partial charge on any atom is 0.195 e. The summed E-state index contributed by atoms with van der Waals surface area (Å²) in [4.78, 5) is 13.9. The Labute approximate surface area is 141 Å². The Balaban J connectivity index is 1.86. The summed E-state index contributed by atoms with van der Waals surface area (Å²) in [6.45, 7) is 7.51. The summed E-state index contributed by atoms with van der Waals surface area (Å²) < 4.78 is 0. The van der Waals surface area contributed by atoms with Crippen LogP contribution in [0.3, 0.4) is 0 Å². The minimum absolute atomic E-state index is 0.475. The highest BCUT2D eigenvalue weighted by Gasteiger charge is 2.21. The summed E-state index contributed by atoms with van der Waals surface area (Å²) in [5.74, 6) is 1.03. The van der Waals surface area contributed by atoms with Gasteiger partial charge in [0.05, 0.1) is 6.54 Å². The highest BCUT2D eigenvalue weighted by atomic mass is 15.3. The molecule has 1 aliphatic heterocycles. The average molecular weight is 317 g/mol. The first kappa shape index (κ1) is 17.6. The molecule has 23 heavy (non-hydrogen) atoms. The summed E-state index contributed by atoms with van der Waals surface area (Å²) in [7, 11) is 8.18. The summed E-state index contributed by atoms with van der Waals surface area (Å²) in [6.07, 6.45) is 0. The van der Waals surface area contributed by atoms with Crippen LogP contribution < -0.4 is 4.90 Å². The van der Waals surface area contributed by atoms with E-state index in [1.807, 2.05) is 28.2 Å². The zero-order chi connectivity index (χ0) is 16.8. The van der Waals surface area contributed by atoms with Crippen LogP contribution in [-0.2, 0) is 0 Å². The second-order valence-corrected chi connectivity index (χ2v) is 6.64. The summed E-state index contributed by atoms with van der Waals surface area (Å²) in [6, 6.07) is 11.2. The lowest BCUT2D eigenvalue weighted by molar-refractivity contribution is 0.201. The number of rotatable bonds is 4. The summed E-state index contributed by atoms with van der Waals surface area (Å²) in [5, 5.41) is 0. The van der Waals surface area contributed by atoms with E-state index in [1.54, 1.807) is 0 Å². The number of benzene rings is 1. The fourth-order valence-electron chi connectivity index (χ4n) is 3.07. The van der Waals surface area contributed by atoms with E-state index < -0.39 is 0 Å². The van der Waals surface area contributed by atoms with Gasteiger partial charge in [0.2, 0.25) is 0 Å². The molecule has 0 aliphatic carbocycles. The Bertz CT molecular complexity index is 479. The number of guanidine groups is 1. The molecule has 1 aromatic rings. The number of aliphatic imine (C=N–C) groups is 1. The second-order valence-electron chi connectivity index (χ2n) is 6.64. The van der Waals surface area contributed by atoms with Crippen molar-refractivity contribution in [1.82, 2.24) is 14.7 Å². The van der Waals surface area contributed by atoms with Crippen molar-refractivity contribution in [2.24, 2.45) is 4.99 Å². The fourth-order valence-corrected chi connectivity index (χ4v) is 3.07. The molecule has 5 heteroatoms. The number of nitrogens with zero attached hydrogens (tertiary/aromatic N) is 5. The first-order chi connectivity index (χ1) is 11.0. The van der Waals surface area contributed by atoms with Crippen LogP contribution in [0.2, 0.25) is 0 Å². The van der Waals surface area contributed by atoms with Crippen molar-refractivity contribution in [3.8, 4) is 0 Å². The molecule has 0 aromatic heterocycles. The van der Waals surface area contributed by atoms with Gasteiger partial charge in [-0.1, -0.05) is 18.2 Å². The molecule has 0 saturated carbocycles. The van der Waals surface area contributed by atoms with E-state index in [2.05, 4.69) is 56.9 Å². The third-order valence-corrected chi connectivity index (χ3v) is 4.36. The monoisotopic (exact) mass is 317 g/mol. The van der Waals surface area contributed by atoms with Gasteiger partial charge in [0.1, 0.15) is 0 Å². The zero-order valence-electron chi connectivity index (χ0n) is 15.2. The predicted octanol–water partition coefficient (Wildman–Crippen LogP) is 1.68. The van der Waals surface area contributed by atoms with Gasteiger partial charge < -0.3 is 14.7 Å². The van der Waals surface area contributed by atoms with Crippen molar-refractivity contribution in [1.29, 1.82) is 0 Å². The summed E-state index contributed by atoms with van der Waals surface area (Å²) in [5.41, 5.74) is 1.33. The number of piperazine rings is 1. The van der Waals surface area contributed by atoms with Gasteiger partial charge in [-0.25, -0.2) is 0 Å². The van der Waals surface area contributed by atoms with Crippen LogP contribution in [0.1, 0.15) is 6.92 Å². The van der Waals surface area contributed by atoms with Gasteiger partial charge in [-0.15, -0.1) is 0 Å². The van der Waals surface area contributed by atoms with E-state index >= 15 is 0 Å². The molecule has 0 bridgehead atoms. The normalized spacial score (nSPS) is 16.8. The topological polar surface area (TPSA) is 25.3 Å². The van der Waals surface area contributed by atoms with Crippen LogP contribution in [0, 0.1) is 0 Å². The quantitative estimate of drug-likeness (QED) is 0.623. The van der Waals surface area contributed by atoms with Gasteiger partial charge in [0, 0.05) is 66.1 Å². The Morgan fingerprint density at radius 2 is 1.57 bits per heavy atom. The standard InChI is InChI=1S/C18H31N5/c1-16(15-19-18(20(2)3)21(4)5)22-11-13-23(14-12-22)17-9-7-6-8-10-17/h6-10,16H,11-15H2,1-5H3. The molecule has 1 aromatic carbocycles. The maximum atomic E-state index is 4.79. The minimum Gasteiger partial charge on any atom is -0.369 e. The second kappa shape index (κ2) is 8.20. The number of anilines is 1. The molecule has 1 aliphatic rings. The lowest BCUT2D eigenvalue weighted by Crippen LogP contribution is -2.50. The lowest BCUT2D eigenvalue weighted by atomic mass is 10.2. The molecule has 0 amide bonds. The van der Waals surface area contributed by atoms with Crippen LogP contribution in [0.15, 0.2) is 35.3 Å². The Hall–Kier alpha value is -1.75. The van der Waals surface area contributed by atoms with Crippen LogP contribution >= 0.6 is 0 Å². The molecule has 1 fully saturated rings. The largest absolute Gasteiger partial charge is 0.369 e. The number of hydrogen-bond acceptors (Lipinski definition) is 3. The van der Waals surface area contributed by atoms with E-state index in [0.717, 1.165) is 38.7 Å². The van der Waals surface area contributed by atoms with Gasteiger partial charge >= 0.3 is 0 Å². The molecule has 0 spiro atoms.